The lowest BCUT2D eigenvalue weighted by atomic mass is 9.98. The van der Waals surface area contributed by atoms with Crippen molar-refractivity contribution in [3.63, 3.8) is 0 Å². The number of nitrogens with one attached hydrogen (secondary N) is 2. The van der Waals surface area contributed by atoms with Gasteiger partial charge in [0.1, 0.15) is 36.0 Å². The van der Waals surface area contributed by atoms with E-state index in [0.717, 1.165) is 19.9 Å². The Kier molecular flexibility index (Phi) is 7.72. The van der Waals surface area contributed by atoms with Crippen LogP contribution >= 0.6 is 0 Å². The van der Waals surface area contributed by atoms with E-state index in [0.29, 0.717) is 36.6 Å². The van der Waals surface area contributed by atoms with Crippen molar-refractivity contribution in [1.29, 1.82) is 0 Å². The molecule has 2 aromatic heterocycles. The summed E-state index contributed by atoms with van der Waals surface area (Å²) in [4.78, 5) is 38.6. The largest absolute Gasteiger partial charge is 0.491 e. The minimum Gasteiger partial charge on any atom is -0.491 e. The SMILES string of the molecule is Cc1cc(C(=O)NC(C)C(F)(F)F)nc2c1N1CCC[C@@H](C1)N2C(=O)Nc1cc(OCC2COC(C)(C)O2)ccn1. The van der Waals surface area contributed by atoms with Crippen LogP contribution in [-0.2, 0) is 9.47 Å². The summed E-state index contributed by atoms with van der Waals surface area (Å²) in [5, 5.41) is 4.74. The highest BCUT2D eigenvalue weighted by Gasteiger charge is 2.41. The Bertz CT molecular complexity index is 1320. The van der Waals surface area contributed by atoms with Gasteiger partial charge >= 0.3 is 12.2 Å². The lowest BCUT2D eigenvalue weighted by molar-refractivity contribution is -0.149. The van der Waals surface area contributed by atoms with E-state index in [2.05, 4.69) is 20.2 Å². The van der Waals surface area contributed by atoms with Crippen LogP contribution in [0.3, 0.4) is 0 Å². The molecular formula is C27H33F3N6O5. The van der Waals surface area contributed by atoms with E-state index >= 15 is 0 Å². The molecule has 41 heavy (non-hydrogen) atoms. The van der Waals surface area contributed by atoms with E-state index in [-0.39, 0.29) is 36.1 Å². The number of aromatic nitrogens is 2. The smallest absolute Gasteiger partial charge is 0.408 e. The molecule has 3 atom stereocenters. The number of anilines is 3. The van der Waals surface area contributed by atoms with Gasteiger partial charge in [0.25, 0.3) is 5.91 Å². The average Bonchev–Trinajstić information content (AvgIpc) is 3.25. The number of pyridine rings is 2. The van der Waals surface area contributed by atoms with Crippen LogP contribution in [0.1, 0.15) is 49.7 Å². The van der Waals surface area contributed by atoms with Crippen LogP contribution in [0.4, 0.5) is 35.3 Å². The lowest BCUT2D eigenvalue weighted by Crippen LogP contribution is -2.56. The molecule has 0 aliphatic carbocycles. The normalized spacial score (nSPS) is 22.1. The molecule has 2 N–H and O–H groups in total. The number of halogens is 3. The Hall–Kier alpha value is -3.65. The monoisotopic (exact) mass is 578 g/mol. The molecule has 2 fully saturated rings. The van der Waals surface area contributed by atoms with Crippen LogP contribution in [0.25, 0.3) is 0 Å². The molecule has 3 aliphatic heterocycles. The number of nitrogens with zero attached hydrogens (tertiary/aromatic N) is 4. The molecule has 3 aliphatic rings. The molecule has 0 saturated carbocycles. The number of rotatable bonds is 6. The Labute approximate surface area is 235 Å². The van der Waals surface area contributed by atoms with Gasteiger partial charge in [0.15, 0.2) is 11.6 Å². The minimum atomic E-state index is -4.60. The lowest BCUT2D eigenvalue weighted by Gasteiger charge is -2.46. The number of urea groups is 1. The highest BCUT2D eigenvalue weighted by atomic mass is 19.4. The highest BCUT2D eigenvalue weighted by Crippen LogP contribution is 2.41. The maximum absolute atomic E-state index is 13.7. The first-order chi connectivity index (χ1) is 19.3. The second kappa shape index (κ2) is 11.0. The van der Waals surface area contributed by atoms with Crippen molar-refractivity contribution >= 4 is 29.3 Å². The molecule has 5 heterocycles. The molecule has 2 unspecified atom stereocenters. The van der Waals surface area contributed by atoms with Gasteiger partial charge in [0.05, 0.1) is 18.3 Å². The second-order valence-electron chi connectivity index (χ2n) is 10.9. The molecule has 11 nitrogen and oxygen atoms in total. The molecule has 222 valence electrons. The van der Waals surface area contributed by atoms with E-state index in [1.165, 1.54) is 17.2 Å². The second-order valence-corrected chi connectivity index (χ2v) is 10.9. The van der Waals surface area contributed by atoms with Crippen molar-refractivity contribution in [2.75, 3.05) is 41.4 Å². The van der Waals surface area contributed by atoms with Crippen LogP contribution in [-0.4, -0.2) is 78.4 Å². The molecule has 5 rings (SSSR count). The molecule has 0 aromatic carbocycles. The van der Waals surface area contributed by atoms with Crippen molar-refractivity contribution < 1.29 is 37.0 Å². The number of alkyl halides is 3. The summed E-state index contributed by atoms with van der Waals surface area (Å²) in [7, 11) is 0. The van der Waals surface area contributed by atoms with Crippen LogP contribution in [0.2, 0.25) is 0 Å². The van der Waals surface area contributed by atoms with Gasteiger partial charge in [0, 0.05) is 25.4 Å². The number of amides is 3. The number of ether oxygens (including phenoxy) is 3. The predicted molar refractivity (Wildman–Crippen MR) is 143 cm³/mol. The Morgan fingerprint density at radius 3 is 2.78 bits per heavy atom. The molecule has 0 spiro atoms. The first-order valence-electron chi connectivity index (χ1n) is 13.5. The van der Waals surface area contributed by atoms with Gasteiger partial charge in [-0.05, 0) is 58.2 Å². The van der Waals surface area contributed by atoms with Gasteiger partial charge < -0.3 is 24.4 Å². The first-order valence-corrected chi connectivity index (χ1v) is 13.5. The van der Waals surface area contributed by atoms with E-state index in [4.69, 9.17) is 14.2 Å². The number of aryl methyl sites for hydroxylation is 1. The minimum absolute atomic E-state index is 0.203. The number of hydrogen-bond acceptors (Lipinski definition) is 8. The first kappa shape index (κ1) is 28.9. The third-order valence-electron chi connectivity index (χ3n) is 7.23. The fourth-order valence-electron chi connectivity index (χ4n) is 5.25. The maximum atomic E-state index is 13.7. The fourth-order valence-corrected chi connectivity index (χ4v) is 5.25. The molecule has 14 heteroatoms. The van der Waals surface area contributed by atoms with Crippen molar-refractivity contribution in [3.8, 4) is 5.75 Å². The van der Waals surface area contributed by atoms with Gasteiger partial charge in [-0.2, -0.15) is 13.2 Å². The number of carbonyl (C=O) groups is 2. The predicted octanol–water partition coefficient (Wildman–Crippen LogP) is 4.02. The Morgan fingerprint density at radius 1 is 1.29 bits per heavy atom. The standard InChI is InChI=1S/C27H33F3N6O5/c1-15-10-20(24(37)32-16(2)27(28,29)30)33-23-22(15)35-9-5-6-17(12-35)36(23)25(38)34-21-11-18(7-8-31-21)39-13-19-14-40-26(3,4)41-19/h7-8,10-11,16-17,19H,5-6,9,12-14H2,1-4H3,(H,32,37)(H,31,34,38)/t16?,17-,19?/m0/s1. The van der Waals surface area contributed by atoms with E-state index in [9.17, 15) is 22.8 Å². The average molecular weight is 579 g/mol. The molecule has 2 bridgehead atoms. The molecule has 2 saturated heterocycles. The van der Waals surface area contributed by atoms with Gasteiger partial charge in [-0.1, -0.05) is 0 Å². The zero-order valence-corrected chi connectivity index (χ0v) is 23.2. The Balaban J connectivity index is 1.36. The van der Waals surface area contributed by atoms with E-state index in [1.54, 1.807) is 19.1 Å². The third kappa shape index (κ3) is 6.32. The zero-order chi connectivity index (χ0) is 29.5. The number of hydrogen-bond donors (Lipinski definition) is 2. The van der Waals surface area contributed by atoms with Crippen molar-refractivity contribution in [2.45, 2.75) is 70.7 Å². The van der Waals surface area contributed by atoms with E-state index in [1.807, 2.05) is 19.2 Å². The quantitative estimate of drug-likeness (QED) is 0.528. The summed E-state index contributed by atoms with van der Waals surface area (Å²) < 4.78 is 56.3. The Morgan fingerprint density at radius 2 is 2.07 bits per heavy atom. The molecule has 0 radical (unpaired) electrons. The van der Waals surface area contributed by atoms with Gasteiger partial charge in [-0.3, -0.25) is 15.0 Å². The van der Waals surface area contributed by atoms with E-state index < -0.39 is 29.9 Å². The summed E-state index contributed by atoms with van der Waals surface area (Å²) in [6.07, 6.45) is -1.81. The summed E-state index contributed by atoms with van der Waals surface area (Å²) in [5.74, 6) is -0.719. The molecule has 2 aromatic rings. The number of piperidine rings is 1. The number of fused-ring (bicyclic) bond motifs is 4. The maximum Gasteiger partial charge on any atom is 0.408 e. The zero-order valence-electron chi connectivity index (χ0n) is 23.2. The van der Waals surface area contributed by atoms with Crippen LogP contribution < -0.4 is 25.2 Å². The van der Waals surface area contributed by atoms with Crippen molar-refractivity contribution in [1.82, 2.24) is 15.3 Å². The summed E-state index contributed by atoms with van der Waals surface area (Å²) >= 11 is 0. The third-order valence-corrected chi connectivity index (χ3v) is 7.23. The van der Waals surface area contributed by atoms with Crippen molar-refractivity contribution in [2.24, 2.45) is 0 Å². The number of carbonyl (C=O) groups excluding carboxylic acids is 2. The summed E-state index contributed by atoms with van der Waals surface area (Å²) in [6.45, 7) is 8.22. The van der Waals surface area contributed by atoms with Gasteiger partial charge in [-0.25, -0.2) is 14.8 Å². The van der Waals surface area contributed by atoms with Gasteiger partial charge in [0.2, 0.25) is 0 Å². The van der Waals surface area contributed by atoms with Crippen LogP contribution in [0.15, 0.2) is 24.4 Å². The summed E-state index contributed by atoms with van der Waals surface area (Å²) in [5.41, 5.74) is 1.10. The van der Waals surface area contributed by atoms with Crippen LogP contribution in [0.5, 0.6) is 5.75 Å². The molecular weight excluding hydrogens is 545 g/mol. The van der Waals surface area contributed by atoms with Crippen LogP contribution in [0, 0.1) is 6.92 Å². The molecule has 3 amide bonds. The van der Waals surface area contributed by atoms with Gasteiger partial charge in [-0.15, -0.1) is 0 Å². The highest BCUT2D eigenvalue weighted by molar-refractivity contribution is 6.05. The summed E-state index contributed by atoms with van der Waals surface area (Å²) in [6, 6.07) is 1.85. The topological polar surface area (TPSA) is 118 Å². The fraction of sp³-hybridized carbons (Fsp3) is 0.556. The van der Waals surface area contributed by atoms with Crippen molar-refractivity contribution in [3.05, 3.63) is 35.7 Å².